The van der Waals surface area contributed by atoms with Crippen LogP contribution in [0.25, 0.3) is 5.69 Å². The van der Waals surface area contributed by atoms with Crippen LogP contribution < -0.4 is 10.1 Å². The van der Waals surface area contributed by atoms with E-state index in [0.717, 1.165) is 5.69 Å². The summed E-state index contributed by atoms with van der Waals surface area (Å²) >= 11 is 0. The molecule has 4 aromatic rings. The molecule has 0 saturated carbocycles. The van der Waals surface area contributed by atoms with Gasteiger partial charge in [0.05, 0.1) is 11.3 Å². The Bertz CT molecular complexity index is 1070. The molecule has 0 radical (unpaired) electrons. The zero-order valence-corrected chi connectivity index (χ0v) is 14.9. The van der Waals surface area contributed by atoms with Crippen LogP contribution in [0.2, 0.25) is 0 Å². The van der Waals surface area contributed by atoms with Crippen LogP contribution >= 0.6 is 0 Å². The number of carbonyl (C=O) groups is 1. The topological polar surface area (TPSA) is 108 Å². The van der Waals surface area contributed by atoms with E-state index in [2.05, 4.69) is 25.5 Å². The number of ether oxygens (including phenoxy) is 1. The Morgan fingerprint density at radius 3 is 2.71 bits per heavy atom. The fraction of sp³-hybridized carbons (Fsp3) is 0.105. The largest absolute Gasteiger partial charge is 0.485 e. The minimum atomic E-state index is -0.284. The maximum absolute atomic E-state index is 12.7. The third-order valence-electron chi connectivity index (χ3n) is 3.87. The van der Waals surface area contributed by atoms with Gasteiger partial charge in [-0.3, -0.25) is 4.79 Å². The average molecular weight is 376 g/mol. The number of anilines is 1. The van der Waals surface area contributed by atoms with Crippen LogP contribution in [0.15, 0.2) is 65.7 Å². The van der Waals surface area contributed by atoms with Gasteiger partial charge in [0.2, 0.25) is 11.7 Å². The predicted octanol–water partition coefficient (Wildman–Crippen LogP) is 2.79. The lowest BCUT2D eigenvalue weighted by Gasteiger charge is -2.11. The maximum atomic E-state index is 12.7. The van der Waals surface area contributed by atoms with E-state index < -0.39 is 0 Å². The lowest BCUT2D eigenvalue weighted by atomic mass is 10.2. The Labute approximate surface area is 160 Å². The van der Waals surface area contributed by atoms with Crippen LogP contribution in [0.1, 0.15) is 22.1 Å². The molecule has 140 valence electrons. The van der Waals surface area contributed by atoms with Gasteiger partial charge in [-0.05, 0) is 36.4 Å². The van der Waals surface area contributed by atoms with E-state index in [4.69, 9.17) is 9.26 Å². The highest BCUT2D eigenvalue weighted by atomic mass is 16.5. The van der Waals surface area contributed by atoms with E-state index in [1.807, 2.05) is 12.1 Å². The van der Waals surface area contributed by atoms with Crippen LogP contribution in [0.3, 0.4) is 0 Å². The van der Waals surface area contributed by atoms with E-state index in [1.54, 1.807) is 54.3 Å². The number of hydrogen-bond acceptors (Lipinski definition) is 7. The number of benzene rings is 2. The van der Waals surface area contributed by atoms with Crippen LogP contribution in [0, 0.1) is 6.92 Å². The van der Waals surface area contributed by atoms with Crippen molar-refractivity contribution >= 4 is 11.6 Å². The molecule has 0 aliphatic rings. The SMILES string of the molecule is Cc1nc(COc2ccccc2C(=O)Nc2ccc(-n3cncn3)cc2)no1. The normalized spacial score (nSPS) is 10.6. The third kappa shape index (κ3) is 3.88. The van der Waals surface area contributed by atoms with E-state index in [1.165, 1.54) is 6.33 Å². The van der Waals surface area contributed by atoms with Crippen molar-refractivity contribution in [2.24, 2.45) is 0 Å². The number of carbonyl (C=O) groups excluding carboxylic acids is 1. The number of aromatic nitrogens is 5. The number of para-hydroxylation sites is 1. The fourth-order valence-electron chi connectivity index (χ4n) is 2.56. The van der Waals surface area contributed by atoms with Crippen LogP contribution in [0.4, 0.5) is 5.69 Å². The van der Waals surface area contributed by atoms with Crippen LogP contribution in [-0.4, -0.2) is 30.8 Å². The summed E-state index contributed by atoms with van der Waals surface area (Å²) < 4.78 is 12.2. The van der Waals surface area contributed by atoms with Gasteiger partial charge in [-0.1, -0.05) is 17.3 Å². The first kappa shape index (κ1) is 17.4. The molecule has 9 heteroatoms. The Hall–Kier alpha value is -4.01. The number of nitrogens with one attached hydrogen (secondary N) is 1. The van der Waals surface area contributed by atoms with Gasteiger partial charge in [-0.15, -0.1) is 0 Å². The minimum absolute atomic E-state index is 0.105. The summed E-state index contributed by atoms with van der Waals surface area (Å²) in [5.74, 6) is 1.02. The first-order valence-electron chi connectivity index (χ1n) is 8.46. The van der Waals surface area contributed by atoms with Crippen LogP contribution in [0.5, 0.6) is 5.75 Å². The number of hydrogen-bond donors (Lipinski definition) is 1. The van der Waals surface area contributed by atoms with Gasteiger partial charge >= 0.3 is 0 Å². The molecular weight excluding hydrogens is 360 g/mol. The molecule has 4 rings (SSSR count). The molecule has 1 amide bonds. The second kappa shape index (κ2) is 7.70. The summed E-state index contributed by atoms with van der Waals surface area (Å²) in [7, 11) is 0. The lowest BCUT2D eigenvalue weighted by Crippen LogP contribution is -2.14. The molecule has 0 saturated heterocycles. The van der Waals surface area contributed by atoms with Gasteiger partial charge in [0.15, 0.2) is 6.61 Å². The van der Waals surface area contributed by atoms with Crippen molar-refractivity contribution in [2.45, 2.75) is 13.5 Å². The van der Waals surface area contributed by atoms with E-state index in [-0.39, 0.29) is 12.5 Å². The average Bonchev–Trinajstić information content (AvgIpc) is 3.39. The van der Waals surface area contributed by atoms with Gasteiger partial charge in [0, 0.05) is 12.6 Å². The summed E-state index contributed by atoms with van der Waals surface area (Å²) in [6, 6.07) is 14.2. The third-order valence-corrected chi connectivity index (χ3v) is 3.87. The Balaban J connectivity index is 1.46. The Kier molecular flexibility index (Phi) is 4.79. The number of nitrogens with zero attached hydrogens (tertiary/aromatic N) is 5. The van der Waals surface area contributed by atoms with Crippen molar-refractivity contribution < 1.29 is 14.1 Å². The maximum Gasteiger partial charge on any atom is 0.259 e. The molecule has 2 aromatic carbocycles. The first-order chi connectivity index (χ1) is 13.7. The molecule has 0 bridgehead atoms. The highest BCUT2D eigenvalue weighted by Gasteiger charge is 2.14. The summed E-state index contributed by atoms with van der Waals surface area (Å²) in [5.41, 5.74) is 1.90. The molecule has 2 aromatic heterocycles. The number of amides is 1. The van der Waals surface area contributed by atoms with Gasteiger partial charge in [0.1, 0.15) is 18.4 Å². The second-order valence-corrected chi connectivity index (χ2v) is 5.86. The van der Waals surface area contributed by atoms with E-state index in [9.17, 15) is 4.79 Å². The molecule has 1 N–H and O–H groups in total. The summed E-state index contributed by atoms with van der Waals surface area (Å²) in [6.07, 6.45) is 3.06. The standard InChI is InChI=1S/C19H16N6O3/c1-13-22-18(24-28-13)10-27-17-5-3-2-4-16(17)19(26)23-14-6-8-15(9-7-14)25-12-20-11-21-25/h2-9,11-12H,10H2,1H3,(H,23,26). The lowest BCUT2D eigenvalue weighted by molar-refractivity contribution is 0.102. The zero-order valence-electron chi connectivity index (χ0n) is 14.9. The number of aryl methyl sites for hydroxylation is 1. The Morgan fingerprint density at radius 2 is 2.00 bits per heavy atom. The molecule has 2 heterocycles. The molecule has 0 aliphatic carbocycles. The Morgan fingerprint density at radius 1 is 1.18 bits per heavy atom. The molecule has 0 spiro atoms. The van der Waals surface area contributed by atoms with Crippen LogP contribution in [-0.2, 0) is 6.61 Å². The highest BCUT2D eigenvalue weighted by molar-refractivity contribution is 6.06. The predicted molar refractivity (Wildman–Crippen MR) is 99.1 cm³/mol. The van der Waals surface area contributed by atoms with Crippen molar-refractivity contribution in [1.82, 2.24) is 24.9 Å². The van der Waals surface area contributed by atoms with Crippen molar-refractivity contribution in [3.05, 3.63) is 78.5 Å². The monoisotopic (exact) mass is 376 g/mol. The number of rotatable bonds is 6. The molecule has 9 nitrogen and oxygen atoms in total. The smallest absolute Gasteiger partial charge is 0.259 e. The molecule has 0 fully saturated rings. The van der Waals surface area contributed by atoms with Crippen molar-refractivity contribution in [2.75, 3.05) is 5.32 Å². The molecule has 0 unspecified atom stereocenters. The van der Waals surface area contributed by atoms with Crippen molar-refractivity contribution in [1.29, 1.82) is 0 Å². The second-order valence-electron chi connectivity index (χ2n) is 5.86. The van der Waals surface area contributed by atoms with E-state index >= 15 is 0 Å². The van der Waals surface area contributed by atoms with Gasteiger partial charge in [0.25, 0.3) is 5.91 Å². The van der Waals surface area contributed by atoms with E-state index in [0.29, 0.717) is 28.7 Å². The summed E-state index contributed by atoms with van der Waals surface area (Å²) in [5, 5.41) is 10.7. The van der Waals surface area contributed by atoms with Crippen molar-refractivity contribution in [3.63, 3.8) is 0 Å². The fourth-order valence-corrected chi connectivity index (χ4v) is 2.56. The molecular formula is C19H16N6O3. The van der Waals surface area contributed by atoms with Gasteiger partial charge < -0.3 is 14.6 Å². The molecule has 0 atom stereocenters. The minimum Gasteiger partial charge on any atom is -0.485 e. The highest BCUT2D eigenvalue weighted by Crippen LogP contribution is 2.21. The first-order valence-corrected chi connectivity index (χ1v) is 8.46. The zero-order chi connectivity index (χ0) is 19.3. The van der Waals surface area contributed by atoms with Gasteiger partial charge in [-0.2, -0.15) is 10.1 Å². The summed E-state index contributed by atoms with van der Waals surface area (Å²) in [4.78, 5) is 20.7. The van der Waals surface area contributed by atoms with Gasteiger partial charge in [-0.25, -0.2) is 9.67 Å². The quantitative estimate of drug-likeness (QED) is 0.551. The summed E-state index contributed by atoms with van der Waals surface area (Å²) in [6.45, 7) is 1.81. The molecule has 28 heavy (non-hydrogen) atoms. The van der Waals surface area contributed by atoms with Crippen molar-refractivity contribution in [3.8, 4) is 11.4 Å². The molecule has 0 aliphatic heterocycles.